The predicted octanol–water partition coefficient (Wildman–Crippen LogP) is 2.28. The average molecular weight is 286 g/mol. The standard InChI is InChI=1S/C17H22N2O2/c1-12-5-6-15(9-13(12)2)19-11-14(10-16(19)20)17(21)18-7-3-4-8-18/h5-6,9,14H,3-4,7-8,10-11H2,1-2H3. The van der Waals surface area contributed by atoms with Gasteiger partial charge in [0.1, 0.15) is 0 Å². The fourth-order valence-electron chi connectivity index (χ4n) is 3.21. The van der Waals surface area contributed by atoms with Crippen molar-refractivity contribution in [3.63, 3.8) is 0 Å². The zero-order valence-corrected chi connectivity index (χ0v) is 12.8. The Labute approximate surface area is 125 Å². The third-order valence-corrected chi connectivity index (χ3v) is 4.69. The quantitative estimate of drug-likeness (QED) is 0.837. The maximum Gasteiger partial charge on any atom is 0.228 e. The van der Waals surface area contributed by atoms with Crippen LogP contribution in [0.5, 0.6) is 0 Å². The Kier molecular flexibility index (Phi) is 3.70. The van der Waals surface area contributed by atoms with Gasteiger partial charge in [0, 0.05) is 31.7 Å². The van der Waals surface area contributed by atoms with Crippen LogP contribution in [0, 0.1) is 19.8 Å². The molecule has 1 aromatic carbocycles. The van der Waals surface area contributed by atoms with Crippen LogP contribution >= 0.6 is 0 Å². The summed E-state index contributed by atoms with van der Waals surface area (Å²) < 4.78 is 0. The number of nitrogens with zero attached hydrogens (tertiary/aromatic N) is 2. The molecule has 2 heterocycles. The van der Waals surface area contributed by atoms with Crippen molar-refractivity contribution in [2.75, 3.05) is 24.5 Å². The average Bonchev–Trinajstić information content (AvgIpc) is 3.10. The number of anilines is 1. The monoisotopic (exact) mass is 286 g/mol. The van der Waals surface area contributed by atoms with E-state index in [2.05, 4.69) is 6.92 Å². The van der Waals surface area contributed by atoms with Gasteiger partial charge in [-0.3, -0.25) is 9.59 Å². The van der Waals surface area contributed by atoms with Crippen molar-refractivity contribution in [1.82, 2.24) is 4.90 Å². The number of carbonyl (C=O) groups is 2. The molecule has 3 rings (SSSR count). The van der Waals surface area contributed by atoms with E-state index < -0.39 is 0 Å². The van der Waals surface area contributed by atoms with Crippen LogP contribution in [0.3, 0.4) is 0 Å². The second-order valence-corrected chi connectivity index (χ2v) is 6.21. The number of hydrogen-bond donors (Lipinski definition) is 0. The minimum Gasteiger partial charge on any atom is -0.342 e. The summed E-state index contributed by atoms with van der Waals surface area (Å²) in [6, 6.07) is 6.05. The van der Waals surface area contributed by atoms with Crippen molar-refractivity contribution in [2.24, 2.45) is 5.92 Å². The summed E-state index contributed by atoms with van der Waals surface area (Å²) in [4.78, 5) is 28.4. The molecular formula is C17H22N2O2. The van der Waals surface area contributed by atoms with Gasteiger partial charge in [-0.2, -0.15) is 0 Å². The van der Waals surface area contributed by atoms with Crippen LogP contribution in [-0.2, 0) is 9.59 Å². The van der Waals surface area contributed by atoms with Crippen molar-refractivity contribution in [3.8, 4) is 0 Å². The van der Waals surface area contributed by atoms with E-state index >= 15 is 0 Å². The summed E-state index contributed by atoms with van der Waals surface area (Å²) in [5.74, 6) is 0.0557. The van der Waals surface area contributed by atoms with Crippen molar-refractivity contribution >= 4 is 17.5 Å². The first kappa shape index (κ1) is 14.1. The van der Waals surface area contributed by atoms with E-state index in [1.54, 1.807) is 4.90 Å². The number of likely N-dealkylation sites (tertiary alicyclic amines) is 1. The molecule has 1 unspecified atom stereocenters. The second kappa shape index (κ2) is 5.51. The number of amides is 2. The molecule has 2 aliphatic heterocycles. The Morgan fingerprint density at radius 1 is 1.14 bits per heavy atom. The van der Waals surface area contributed by atoms with E-state index in [1.807, 2.05) is 30.0 Å². The number of aryl methyl sites for hydroxylation is 2. The minimum absolute atomic E-state index is 0.0656. The summed E-state index contributed by atoms with van der Waals surface area (Å²) in [5.41, 5.74) is 3.31. The lowest BCUT2D eigenvalue weighted by molar-refractivity contribution is -0.134. The zero-order chi connectivity index (χ0) is 15.0. The van der Waals surface area contributed by atoms with Crippen molar-refractivity contribution in [2.45, 2.75) is 33.1 Å². The lowest BCUT2D eigenvalue weighted by Crippen LogP contribution is -2.35. The Bertz CT molecular complexity index is 576. The highest BCUT2D eigenvalue weighted by Gasteiger charge is 2.37. The second-order valence-electron chi connectivity index (χ2n) is 6.21. The molecule has 0 radical (unpaired) electrons. The van der Waals surface area contributed by atoms with Crippen molar-refractivity contribution in [3.05, 3.63) is 29.3 Å². The van der Waals surface area contributed by atoms with E-state index in [9.17, 15) is 9.59 Å². The maximum absolute atomic E-state index is 12.4. The van der Waals surface area contributed by atoms with Gasteiger partial charge in [0.05, 0.1) is 5.92 Å². The first-order chi connectivity index (χ1) is 10.1. The lowest BCUT2D eigenvalue weighted by Gasteiger charge is -2.21. The molecule has 0 N–H and O–H groups in total. The molecule has 0 aromatic heterocycles. The Balaban J connectivity index is 1.74. The topological polar surface area (TPSA) is 40.6 Å². The molecule has 2 aliphatic rings. The van der Waals surface area contributed by atoms with E-state index in [0.29, 0.717) is 13.0 Å². The largest absolute Gasteiger partial charge is 0.342 e. The third-order valence-electron chi connectivity index (χ3n) is 4.69. The van der Waals surface area contributed by atoms with Gasteiger partial charge in [-0.05, 0) is 49.9 Å². The van der Waals surface area contributed by atoms with Crippen LogP contribution in [-0.4, -0.2) is 36.3 Å². The molecule has 0 aliphatic carbocycles. The smallest absolute Gasteiger partial charge is 0.228 e. The van der Waals surface area contributed by atoms with Crippen LogP contribution < -0.4 is 4.90 Å². The fraction of sp³-hybridized carbons (Fsp3) is 0.529. The Morgan fingerprint density at radius 3 is 2.52 bits per heavy atom. The molecular weight excluding hydrogens is 264 g/mol. The molecule has 2 fully saturated rings. The third kappa shape index (κ3) is 2.67. The van der Waals surface area contributed by atoms with Gasteiger partial charge in [-0.15, -0.1) is 0 Å². The SMILES string of the molecule is Cc1ccc(N2CC(C(=O)N3CCCC3)CC2=O)cc1C. The van der Waals surface area contributed by atoms with Crippen molar-refractivity contribution < 1.29 is 9.59 Å². The van der Waals surface area contributed by atoms with E-state index in [1.165, 1.54) is 11.1 Å². The lowest BCUT2D eigenvalue weighted by atomic mass is 10.1. The molecule has 1 atom stereocenters. The van der Waals surface area contributed by atoms with Crippen molar-refractivity contribution in [1.29, 1.82) is 0 Å². The Morgan fingerprint density at radius 2 is 1.86 bits per heavy atom. The molecule has 4 nitrogen and oxygen atoms in total. The molecule has 1 aromatic rings. The van der Waals surface area contributed by atoms with Gasteiger partial charge >= 0.3 is 0 Å². The summed E-state index contributed by atoms with van der Waals surface area (Å²) in [5, 5.41) is 0. The predicted molar refractivity (Wildman–Crippen MR) is 82.2 cm³/mol. The highest BCUT2D eigenvalue weighted by molar-refractivity contribution is 6.00. The number of carbonyl (C=O) groups excluding carboxylic acids is 2. The summed E-state index contributed by atoms with van der Waals surface area (Å²) in [7, 11) is 0. The van der Waals surface area contributed by atoms with E-state index in [-0.39, 0.29) is 17.7 Å². The summed E-state index contributed by atoms with van der Waals surface area (Å²) >= 11 is 0. The highest BCUT2D eigenvalue weighted by atomic mass is 16.2. The first-order valence-corrected chi connectivity index (χ1v) is 7.72. The molecule has 112 valence electrons. The summed E-state index contributed by atoms with van der Waals surface area (Å²) in [6.45, 7) is 6.34. The van der Waals surface area contributed by atoms with Crippen LogP contribution in [0.2, 0.25) is 0 Å². The molecule has 2 saturated heterocycles. The zero-order valence-electron chi connectivity index (χ0n) is 12.8. The van der Waals surface area contributed by atoms with Gasteiger partial charge in [-0.1, -0.05) is 6.07 Å². The van der Waals surface area contributed by atoms with Crippen LogP contribution in [0.4, 0.5) is 5.69 Å². The van der Waals surface area contributed by atoms with Gasteiger partial charge < -0.3 is 9.80 Å². The van der Waals surface area contributed by atoms with Crippen LogP contribution in [0.25, 0.3) is 0 Å². The molecule has 2 amide bonds. The number of benzene rings is 1. The van der Waals surface area contributed by atoms with E-state index in [4.69, 9.17) is 0 Å². The van der Waals surface area contributed by atoms with Gasteiger partial charge in [0.2, 0.25) is 11.8 Å². The normalized spacial score (nSPS) is 22.2. The molecule has 21 heavy (non-hydrogen) atoms. The van der Waals surface area contributed by atoms with Crippen LogP contribution in [0.1, 0.15) is 30.4 Å². The molecule has 0 spiro atoms. The van der Waals surface area contributed by atoms with E-state index in [0.717, 1.165) is 31.6 Å². The summed E-state index contributed by atoms with van der Waals surface area (Å²) in [6.07, 6.45) is 2.53. The highest BCUT2D eigenvalue weighted by Crippen LogP contribution is 2.28. The van der Waals surface area contributed by atoms with Gasteiger partial charge in [0.25, 0.3) is 0 Å². The maximum atomic E-state index is 12.4. The van der Waals surface area contributed by atoms with Crippen LogP contribution in [0.15, 0.2) is 18.2 Å². The molecule has 0 bridgehead atoms. The first-order valence-electron chi connectivity index (χ1n) is 7.72. The fourth-order valence-corrected chi connectivity index (χ4v) is 3.21. The molecule has 4 heteroatoms. The van der Waals surface area contributed by atoms with Gasteiger partial charge in [-0.25, -0.2) is 0 Å². The van der Waals surface area contributed by atoms with Gasteiger partial charge in [0.15, 0.2) is 0 Å². The minimum atomic E-state index is -0.169. The Hall–Kier alpha value is -1.84. The molecule has 0 saturated carbocycles. The number of hydrogen-bond acceptors (Lipinski definition) is 2. The number of rotatable bonds is 2.